The second-order valence-electron chi connectivity index (χ2n) is 4.41. The molecule has 0 aliphatic carbocycles. The Bertz CT molecular complexity index is 634. The maximum atomic E-state index is 11.8. The summed E-state index contributed by atoms with van der Waals surface area (Å²) in [6.07, 6.45) is 0. The van der Waals surface area contributed by atoms with Crippen molar-refractivity contribution in [2.24, 2.45) is 0 Å². The van der Waals surface area contributed by atoms with Gasteiger partial charge in [-0.15, -0.1) is 11.3 Å². The Balaban J connectivity index is 2.09. The van der Waals surface area contributed by atoms with Gasteiger partial charge in [0.1, 0.15) is 0 Å². The van der Waals surface area contributed by atoms with E-state index in [9.17, 15) is 8.42 Å². The van der Waals surface area contributed by atoms with Crippen LogP contribution in [-0.2, 0) is 10.0 Å². The van der Waals surface area contributed by atoms with Gasteiger partial charge in [-0.2, -0.15) is 0 Å². The summed E-state index contributed by atoms with van der Waals surface area (Å²) in [5.41, 5.74) is 0.904. The number of rotatable bonds is 6. The van der Waals surface area contributed by atoms with Crippen molar-refractivity contribution >= 4 is 27.0 Å². The minimum absolute atomic E-state index is 0.200. The van der Waals surface area contributed by atoms with Crippen molar-refractivity contribution in [1.29, 1.82) is 0 Å². The summed E-state index contributed by atoms with van der Waals surface area (Å²) in [5, 5.41) is 5.39. The van der Waals surface area contributed by atoms with Crippen molar-refractivity contribution in [3.63, 3.8) is 0 Å². The van der Waals surface area contributed by atoms with Gasteiger partial charge in [0.25, 0.3) is 0 Å². The molecule has 1 unspecified atom stereocenters. The van der Waals surface area contributed by atoms with E-state index in [1.807, 2.05) is 11.4 Å². The molecule has 108 valence electrons. The molecule has 2 aromatic rings. The molecule has 0 bridgehead atoms. The molecule has 1 aromatic heterocycles. The fraction of sp³-hybridized carbons (Fsp3) is 0.286. The maximum absolute atomic E-state index is 11.8. The van der Waals surface area contributed by atoms with Crippen LogP contribution in [0.25, 0.3) is 0 Å². The molecular formula is C14H18N2O2S2. The summed E-state index contributed by atoms with van der Waals surface area (Å²) in [7, 11) is -3.37. The molecule has 0 saturated carbocycles. The van der Waals surface area contributed by atoms with Crippen molar-refractivity contribution in [3.8, 4) is 0 Å². The molecule has 4 nitrogen and oxygen atoms in total. The van der Waals surface area contributed by atoms with E-state index in [0.717, 1.165) is 5.69 Å². The number of nitrogens with one attached hydrogen (secondary N) is 2. The zero-order valence-corrected chi connectivity index (χ0v) is 13.1. The van der Waals surface area contributed by atoms with Crippen LogP contribution in [0.1, 0.15) is 24.8 Å². The van der Waals surface area contributed by atoms with Crippen LogP contribution in [0, 0.1) is 0 Å². The normalized spacial score (nSPS) is 13.1. The molecule has 20 heavy (non-hydrogen) atoms. The Kier molecular flexibility index (Phi) is 4.80. The number of hydrogen-bond donors (Lipinski definition) is 2. The van der Waals surface area contributed by atoms with Crippen LogP contribution in [0.15, 0.2) is 46.7 Å². The number of benzene rings is 1. The molecule has 0 fully saturated rings. The molecule has 2 N–H and O–H groups in total. The highest BCUT2D eigenvalue weighted by molar-refractivity contribution is 7.89. The SMILES string of the molecule is CCNS(=O)(=O)c1ccc(NC(C)c2cccs2)cc1. The first-order chi connectivity index (χ1) is 9.53. The third-order valence-electron chi connectivity index (χ3n) is 2.85. The van der Waals surface area contributed by atoms with E-state index >= 15 is 0 Å². The van der Waals surface area contributed by atoms with E-state index in [1.165, 1.54) is 4.88 Å². The Morgan fingerprint density at radius 1 is 1.20 bits per heavy atom. The molecule has 0 aliphatic heterocycles. The summed E-state index contributed by atoms with van der Waals surface area (Å²) < 4.78 is 26.1. The molecule has 6 heteroatoms. The quantitative estimate of drug-likeness (QED) is 0.861. The lowest BCUT2D eigenvalue weighted by molar-refractivity contribution is 0.584. The van der Waals surface area contributed by atoms with Gasteiger partial charge in [-0.25, -0.2) is 13.1 Å². The van der Waals surface area contributed by atoms with Crippen LogP contribution in [0.3, 0.4) is 0 Å². The van der Waals surface area contributed by atoms with Crippen molar-refractivity contribution in [3.05, 3.63) is 46.7 Å². The summed E-state index contributed by atoms with van der Waals surface area (Å²) in [6, 6.07) is 11.1. The fourth-order valence-corrected chi connectivity index (χ4v) is 3.64. The first kappa shape index (κ1) is 15.0. The third-order valence-corrected chi connectivity index (χ3v) is 5.47. The summed E-state index contributed by atoms with van der Waals surface area (Å²) in [5.74, 6) is 0. The van der Waals surface area contributed by atoms with Crippen LogP contribution < -0.4 is 10.0 Å². The van der Waals surface area contributed by atoms with Gasteiger partial charge in [0.15, 0.2) is 0 Å². The van der Waals surface area contributed by atoms with E-state index in [0.29, 0.717) is 6.54 Å². The van der Waals surface area contributed by atoms with Crippen LogP contribution >= 0.6 is 11.3 Å². The maximum Gasteiger partial charge on any atom is 0.240 e. The van der Waals surface area contributed by atoms with E-state index < -0.39 is 10.0 Å². The first-order valence-electron chi connectivity index (χ1n) is 6.42. The van der Waals surface area contributed by atoms with Gasteiger partial charge in [0, 0.05) is 17.1 Å². The minimum atomic E-state index is -3.37. The highest BCUT2D eigenvalue weighted by Gasteiger charge is 2.12. The van der Waals surface area contributed by atoms with E-state index in [4.69, 9.17) is 0 Å². The lowest BCUT2D eigenvalue weighted by Gasteiger charge is -2.14. The van der Waals surface area contributed by atoms with Gasteiger partial charge < -0.3 is 5.32 Å². The Hall–Kier alpha value is -1.37. The van der Waals surface area contributed by atoms with E-state index in [-0.39, 0.29) is 10.9 Å². The van der Waals surface area contributed by atoms with Crippen LogP contribution in [0.2, 0.25) is 0 Å². The molecule has 2 rings (SSSR count). The van der Waals surface area contributed by atoms with Gasteiger partial charge in [-0.3, -0.25) is 0 Å². The lowest BCUT2D eigenvalue weighted by Crippen LogP contribution is -2.23. The number of thiophene rings is 1. The van der Waals surface area contributed by atoms with Gasteiger partial charge in [-0.1, -0.05) is 13.0 Å². The van der Waals surface area contributed by atoms with E-state index in [1.54, 1.807) is 42.5 Å². The fourth-order valence-electron chi connectivity index (χ4n) is 1.86. The zero-order chi connectivity index (χ0) is 14.6. The van der Waals surface area contributed by atoms with Gasteiger partial charge in [0.2, 0.25) is 10.0 Å². The average Bonchev–Trinajstić information content (AvgIpc) is 2.93. The molecule has 0 amide bonds. The molecular weight excluding hydrogens is 292 g/mol. The van der Waals surface area contributed by atoms with Crippen LogP contribution in [0.5, 0.6) is 0 Å². The Morgan fingerprint density at radius 2 is 1.90 bits per heavy atom. The molecule has 0 spiro atoms. The number of anilines is 1. The third kappa shape index (κ3) is 3.59. The lowest BCUT2D eigenvalue weighted by atomic mass is 10.2. The van der Waals surface area contributed by atoms with Gasteiger partial charge in [-0.05, 0) is 42.6 Å². The molecule has 0 aliphatic rings. The largest absolute Gasteiger partial charge is 0.378 e. The molecule has 0 radical (unpaired) electrons. The van der Waals surface area contributed by atoms with E-state index in [2.05, 4.69) is 23.0 Å². The minimum Gasteiger partial charge on any atom is -0.378 e. The van der Waals surface area contributed by atoms with Crippen molar-refractivity contribution in [2.45, 2.75) is 24.8 Å². The highest BCUT2D eigenvalue weighted by Crippen LogP contribution is 2.23. The molecule has 1 aromatic carbocycles. The summed E-state index contributed by atoms with van der Waals surface area (Å²) in [6.45, 7) is 4.23. The summed E-state index contributed by atoms with van der Waals surface area (Å²) in [4.78, 5) is 1.53. The predicted octanol–water partition coefficient (Wildman–Crippen LogP) is 3.22. The Labute approximate surface area is 123 Å². The van der Waals surface area contributed by atoms with Crippen molar-refractivity contribution < 1.29 is 8.42 Å². The zero-order valence-electron chi connectivity index (χ0n) is 11.5. The van der Waals surface area contributed by atoms with Gasteiger partial charge >= 0.3 is 0 Å². The highest BCUT2D eigenvalue weighted by atomic mass is 32.2. The predicted molar refractivity (Wildman–Crippen MR) is 83.7 cm³/mol. The number of hydrogen-bond acceptors (Lipinski definition) is 4. The van der Waals surface area contributed by atoms with Crippen molar-refractivity contribution in [2.75, 3.05) is 11.9 Å². The second kappa shape index (κ2) is 6.39. The first-order valence-corrected chi connectivity index (χ1v) is 8.79. The molecule has 1 atom stereocenters. The topological polar surface area (TPSA) is 58.2 Å². The monoisotopic (exact) mass is 310 g/mol. The second-order valence-corrected chi connectivity index (χ2v) is 7.15. The number of sulfonamides is 1. The smallest absolute Gasteiger partial charge is 0.240 e. The van der Waals surface area contributed by atoms with Gasteiger partial charge in [0.05, 0.1) is 10.9 Å². The molecule has 1 heterocycles. The van der Waals surface area contributed by atoms with Crippen molar-refractivity contribution in [1.82, 2.24) is 4.72 Å². The summed E-state index contributed by atoms with van der Waals surface area (Å²) >= 11 is 1.70. The average molecular weight is 310 g/mol. The van der Waals surface area contributed by atoms with Crippen LogP contribution in [-0.4, -0.2) is 15.0 Å². The standard InChI is InChI=1S/C14H18N2O2S2/c1-3-15-20(17,18)13-8-6-12(7-9-13)16-11(2)14-5-4-10-19-14/h4-11,15-16H,3H2,1-2H3. The molecule has 0 saturated heterocycles. The Morgan fingerprint density at radius 3 is 2.45 bits per heavy atom. The van der Waals surface area contributed by atoms with Crippen LogP contribution in [0.4, 0.5) is 5.69 Å².